The number of aryl methyl sites for hydroxylation is 1. The molecule has 0 saturated carbocycles. The van der Waals surface area contributed by atoms with Gasteiger partial charge in [0.1, 0.15) is 0 Å². The molecule has 0 aliphatic heterocycles. The summed E-state index contributed by atoms with van der Waals surface area (Å²) in [7, 11) is 0. The molecule has 0 aliphatic rings. The van der Waals surface area contributed by atoms with Gasteiger partial charge < -0.3 is 0 Å². The molecule has 0 spiro atoms. The number of nitrogens with zero attached hydrogens (tertiary/aromatic N) is 3. The van der Waals surface area contributed by atoms with Gasteiger partial charge in [-0.25, -0.2) is 4.79 Å². The van der Waals surface area contributed by atoms with Crippen molar-refractivity contribution in [1.82, 2.24) is 9.13 Å². The van der Waals surface area contributed by atoms with E-state index in [1.807, 2.05) is 49.4 Å². The number of rotatable bonds is 7. The molecule has 3 aromatic rings. The van der Waals surface area contributed by atoms with E-state index >= 15 is 0 Å². The first-order chi connectivity index (χ1) is 14.1. The van der Waals surface area contributed by atoms with E-state index in [0.717, 1.165) is 23.1 Å². The van der Waals surface area contributed by atoms with Crippen LogP contribution in [0.5, 0.6) is 0 Å². The number of hydrogen-bond acceptors (Lipinski definition) is 3. The third-order valence-corrected chi connectivity index (χ3v) is 4.88. The van der Waals surface area contributed by atoms with Crippen LogP contribution in [-0.2, 0) is 19.5 Å². The number of hydrogen-bond donors (Lipinski definition) is 0. The molecule has 5 nitrogen and oxygen atoms in total. The highest BCUT2D eigenvalue weighted by atomic mass is 16.2. The maximum absolute atomic E-state index is 13.1. The molecular formula is C24H23N3O2. The quantitative estimate of drug-likeness (QED) is 0.582. The van der Waals surface area contributed by atoms with Gasteiger partial charge in [-0.1, -0.05) is 61.9 Å². The maximum Gasteiger partial charge on any atom is 0.331 e. The van der Waals surface area contributed by atoms with Crippen molar-refractivity contribution in [3.8, 4) is 17.2 Å². The van der Waals surface area contributed by atoms with Crippen molar-refractivity contribution in [2.75, 3.05) is 0 Å². The zero-order valence-corrected chi connectivity index (χ0v) is 16.5. The molecule has 2 aromatic carbocycles. The zero-order valence-electron chi connectivity index (χ0n) is 16.5. The average Bonchev–Trinajstić information content (AvgIpc) is 2.74. The molecule has 1 heterocycles. The van der Waals surface area contributed by atoms with Gasteiger partial charge in [-0.15, -0.1) is 6.58 Å². The van der Waals surface area contributed by atoms with Crippen molar-refractivity contribution in [2.24, 2.45) is 0 Å². The third kappa shape index (κ3) is 4.12. The van der Waals surface area contributed by atoms with Crippen LogP contribution in [0.4, 0.5) is 0 Å². The minimum Gasteiger partial charge on any atom is -0.293 e. The van der Waals surface area contributed by atoms with Gasteiger partial charge in [0.2, 0.25) is 0 Å². The van der Waals surface area contributed by atoms with Gasteiger partial charge in [-0.2, -0.15) is 5.26 Å². The highest BCUT2D eigenvalue weighted by Gasteiger charge is 2.16. The van der Waals surface area contributed by atoms with E-state index in [1.54, 1.807) is 10.6 Å². The van der Waals surface area contributed by atoms with Gasteiger partial charge in [0.05, 0.1) is 18.2 Å². The molecule has 0 bridgehead atoms. The van der Waals surface area contributed by atoms with Crippen LogP contribution in [0.15, 0.2) is 76.8 Å². The molecule has 5 heteroatoms. The predicted octanol–water partition coefficient (Wildman–Crippen LogP) is 3.74. The molecule has 146 valence electrons. The van der Waals surface area contributed by atoms with Crippen LogP contribution in [0.1, 0.15) is 30.2 Å². The van der Waals surface area contributed by atoms with Crippen molar-refractivity contribution >= 4 is 0 Å². The molecule has 0 atom stereocenters. The van der Waals surface area contributed by atoms with E-state index in [4.69, 9.17) is 0 Å². The Labute approximate surface area is 169 Å². The fourth-order valence-electron chi connectivity index (χ4n) is 3.50. The van der Waals surface area contributed by atoms with Gasteiger partial charge in [0, 0.05) is 18.3 Å². The lowest BCUT2D eigenvalue weighted by atomic mass is 9.95. The molecule has 0 saturated heterocycles. The summed E-state index contributed by atoms with van der Waals surface area (Å²) in [6.45, 7) is 6.01. The lowest BCUT2D eigenvalue weighted by Gasteiger charge is -2.18. The fraction of sp³-hybridized carbons (Fsp3) is 0.208. The van der Waals surface area contributed by atoms with Gasteiger partial charge in [-0.3, -0.25) is 13.9 Å². The summed E-state index contributed by atoms with van der Waals surface area (Å²) in [5.41, 5.74) is 3.13. The Balaban J connectivity index is 2.24. The van der Waals surface area contributed by atoms with Gasteiger partial charge in [0.25, 0.3) is 5.56 Å². The highest BCUT2D eigenvalue weighted by Crippen LogP contribution is 2.27. The molecule has 1 aromatic heterocycles. The average molecular weight is 385 g/mol. The standard InChI is InChI=1S/C24H23N3O2/c1-3-9-20-15-23(28)26(14-4-2)24(29)27(20)17-22-19(16-25)12-8-13-21(22)18-10-6-5-7-11-18/h4-8,10-13,15H,2-3,9,14,17H2,1H3. The molecule has 0 radical (unpaired) electrons. The van der Waals surface area contributed by atoms with E-state index in [0.29, 0.717) is 17.7 Å². The zero-order chi connectivity index (χ0) is 20.8. The topological polar surface area (TPSA) is 67.8 Å². The van der Waals surface area contributed by atoms with Crippen LogP contribution in [0.3, 0.4) is 0 Å². The second kappa shape index (κ2) is 9.03. The van der Waals surface area contributed by atoms with Crippen LogP contribution in [0.25, 0.3) is 11.1 Å². The lowest BCUT2D eigenvalue weighted by molar-refractivity contribution is 0.587. The monoisotopic (exact) mass is 385 g/mol. The van der Waals surface area contributed by atoms with Crippen molar-refractivity contribution in [3.05, 3.63) is 105 Å². The van der Waals surface area contributed by atoms with Crippen molar-refractivity contribution in [3.63, 3.8) is 0 Å². The van der Waals surface area contributed by atoms with E-state index in [1.165, 1.54) is 16.7 Å². The third-order valence-electron chi connectivity index (χ3n) is 4.88. The van der Waals surface area contributed by atoms with Gasteiger partial charge in [-0.05, 0) is 29.2 Å². The van der Waals surface area contributed by atoms with E-state index in [2.05, 4.69) is 12.6 Å². The number of allylic oxidation sites excluding steroid dienone is 1. The summed E-state index contributed by atoms with van der Waals surface area (Å²) >= 11 is 0. The molecule has 0 N–H and O–H groups in total. The molecule has 29 heavy (non-hydrogen) atoms. The molecule has 3 rings (SSSR count). The van der Waals surface area contributed by atoms with E-state index < -0.39 is 0 Å². The van der Waals surface area contributed by atoms with Crippen LogP contribution in [0, 0.1) is 11.3 Å². The highest BCUT2D eigenvalue weighted by molar-refractivity contribution is 5.70. The molecule has 0 fully saturated rings. The summed E-state index contributed by atoms with van der Waals surface area (Å²) < 4.78 is 2.78. The summed E-state index contributed by atoms with van der Waals surface area (Å²) in [4.78, 5) is 25.5. The second-order valence-corrected chi connectivity index (χ2v) is 6.80. The Bertz CT molecular complexity index is 1180. The Kier molecular flexibility index (Phi) is 6.25. The Hall–Kier alpha value is -3.65. The Morgan fingerprint density at radius 3 is 2.48 bits per heavy atom. The largest absolute Gasteiger partial charge is 0.331 e. The minimum atomic E-state index is -0.382. The molecule has 0 amide bonds. The molecule has 0 aliphatic carbocycles. The summed E-state index contributed by atoms with van der Waals surface area (Å²) in [5.74, 6) is 0. The van der Waals surface area contributed by atoms with Crippen LogP contribution < -0.4 is 11.2 Å². The van der Waals surface area contributed by atoms with Crippen LogP contribution in [-0.4, -0.2) is 9.13 Å². The SMILES string of the molecule is C=CCn1c(=O)cc(CCC)n(Cc2c(C#N)cccc2-c2ccccc2)c1=O. The fourth-order valence-corrected chi connectivity index (χ4v) is 3.50. The van der Waals surface area contributed by atoms with Gasteiger partial charge >= 0.3 is 5.69 Å². The van der Waals surface area contributed by atoms with Crippen molar-refractivity contribution < 1.29 is 0 Å². The minimum absolute atomic E-state index is 0.148. The number of nitriles is 1. The predicted molar refractivity (Wildman–Crippen MR) is 115 cm³/mol. The van der Waals surface area contributed by atoms with Crippen LogP contribution in [0.2, 0.25) is 0 Å². The van der Waals surface area contributed by atoms with Crippen molar-refractivity contribution in [1.29, 1.82) is 5.26 Å². The Morgan fingerprint density at radius 1 is 1.07 bits per heavy atom. The number of benzene rings is 2. The maximum atomic E-state index is 13.1. The smallest absolute Gasteiger partial charge is 0.293 e. The van der Waals surface area contributed by atoms with Crippen LogP contribution >= 0.6 is 0 Å². The first-order valence-electron chi connectivity index (χ1n) is 9.62. The lowest BCUT2D eigenvalue weighted by Crippen LogP contribution is -2.41. The Morgan fingerprint density at radius 2 is 1.83 bits per heavy atom. The second-order valence-electron chi connectivity index (χ2n) is 6.80. The van der Waals surface area contributed by atoms with E-state index in [-0.39, 0.29) is 24.3 Å². The number of aromatic nitrogens is 2. The van der Waals surface area contributed by atoms with Crippen molar-refractivity contribution in [2.45, 2.75) is 32.9 Å². The van der Waals surface area contributed by atoms with Gasteiger partial charge in [0.15, 0.2) is 0 Å². The summed E-state index contributed by atoms with van der Waals surface area (Å²) in [6.07, 6.45) is 2.94. The first-order valence-corrected chi connectivity index (χ1v) is 9.62. The molecule has 0 unspecified atom stereocenters. The normalized spacial score (nSPS) is 10.5. The summed E-state index contributed by atoms with van der Waals surface area (Å²) in [5, 5.41) is 9.69. The van der Waals surface area contributed by atoms with E-state index in [9.17, 15) is 14.9 Å². The summed E-state index contributed by atoms with van der Waals surface area (Å²) in [6, 6.07) is 19.1. The first kappa shape index (κ1) is 20.1. The molecular weight excluding hydrogens is 362 g/mol.